The molecule has 0 aliphatic heterocycles. The molecule has 2 N–H and O–H groups in total. The highest BCUT2D eigenvalue weighted by Crippen LogP contribution is 2.27. The Labute approximate surface area is 152 Å². The first-order valence-electron chi connectivity index (χ1n) is 7.27. The van der Waals surface area contributed by atoms with Gasteiger partial charge in [-0.05, 0) is 18.2 Å². The van der Waals surface area contributed by atoms with E-state index in [4.69, 9.17) is 16.3 Å². The Morgan fingerprint density at radius 2 is 2.15 bits per heavy atom. The number of aromatic nitrogens is 3. The van der Waals surface area contributed by atoms with Crippen LogP contribution in [-0.2, 0) is 16.4 Å². The van der Waals surface area contributed by atoms with Crippen molar-refractivity contribution in [2.24, 2.45) is 0 Å². The monoisotopic (exact) mass is 402 g/mol. The third kappa shape index (κ3) is 3.70. The Kier molecular flexibility index (Phi) is 4.97. The van der Waals surface area contributed by atoms with Gasteiger partial charge in [-0.2, -0.15) is 4.98 Å². The molecule has 0 aliphatic rings. The molecule has 0 fully saturated rings. The molecule has 0 atom stereocenters. The molecule has 2 aromatic heterocycles. The van der Waals surface area contributed by atoms with Gasteiger partial charge in [0.1, 0.15) is 4.90 Å². The summed E-state index contributed by atoms with van der Waals surface area (Å²) in [6.07, 6.45) is -0.788. The van der Waals surface area contributed by atoms with Gasteiger partial charge in [0.15, 0.2) is 0 Å². The average Bonchev–Trinajstić information content (AvgIpc) is 2.99. The molecule has 0 saturated heterocycles. The molecule has 0 spiro atoms. The van der Waals surface area contributed by atoms with Gasteiger partial charge in [0.2, 0.25) is 18.3 Å². The van der Waals surface area contributed by atoms with Crippen LogP contribution in [0.2, 0.25) is 5.02 Å². The number of hydrogen-bond donors (Lipinski definition) is 2. The van der Waals surface area contributed by atoms with E-state index in [1.54, 1.807) is 18.2 Å². The summed E-state index contributed by atoms with van der Waals surface area (Å²) < 4.78 is 57.5. The van der Waals surface area contributed by atoms with Crippen LogP contribution in [-0.4, -0.2) is 36.9 Å². The topological polar surface area (TPSA) is 97.0 Å². The number of nitrogens with one attached hydrogen (secondary N) is 2. The van der Waals surface area contributed by atoms with Gasteiger partial charge in [-0.1, -0.05) is 11.6 Å². The lowest BCUT2D eigenvalue weighted by atomic mass is 10.2. The van der Waals surface area contributed by atoms with E-state index in [1.165, 1.54) is 13.3 Å². The number of hydrogen-bond acceptors (Lipinski definition) is 5. The number of sulfonamides is 1. The quantitative estimate of drug-likeness (QED) is 0.659. The van der Waals surface area contributed by atoms with E-state index in [0.29, 0.717) is 15.9 Å². The number of rotatable bonds is 6. The zero-order valence-corrected chi connectivity index (χ0v) is 14.9. The van der Waals surface area contributed by atoms with Gasteiger partial charge >= 0.3 is 0 Å². The maximum absolute atomic E-state index is 12.6. The lowest BCUT2D eigenvalue weighted by Crippen LogP contribution is -2.15. The molecule has 2 heterocycles. The number of anilines is 1. The number of halogens is 3. The summed E-state index contributed by atoms with van der Waals surface area (Å²) in [5, 5.41) is 0.891. The van der Waals surface area contributed by atoms with Crippen LogP contribution in [0.3, 0.4) is 0 Å². The van der Waals surface area contributed by atoms with Gasteiger partial charge in [0, 0.05) is 40.3 Å². The minimum absolute atomic E-state index is 0.0246. The van der Waals surface area contributed by atoms with Crippen LogP contribution < -0.4 is 9.46 Å². The van der Waals surface area contributed by atoms with E-state index < -0.39 is 22.9 Å². The summed E-state index contributed by atoms with van der Waals surface area (Å²) in [6.45, 7) is 0. The molecular weight excluding hydrogens is 390 g/mol. The molecule has 0 saturated carbocycles. The van der Waals surface area contributed by atoms with Crippen molar-refractivity contribution in [3.05, 3.63) is 41.2 Å². The molecule has 138 valence electrons. The zero-order valence-electron chi connectivity index (χ0n) is 13.3. The highest BCUT2D eigenvalue weighted by atomic mass is 35.5. The zero-order chi connectivity index (χ0) is 18.9. The molecular formula is C15H13ClF2N4O3S. The fourth-order valence-electron chi connectivity index (χ4n) is 2.39. The third-order valence-electron chi connectivity index (χ3n) is 3.51. The van der Waals surface area contributed by atoms with Gasteiger partial charge in [-0.25, -0.2) is 26.9 Å². The summed E-state index contributed by atoms with van der Waals surface area (Å²) in [5.41, 5.74) is 0.621. The number of ether oxygens (including phenoxy) is 1. The average molecular weight is 403 g/mol. The van der Waals surface area contributed by atoms with Crippen LogP contribution in [0.15, 0.2) is 35.5 Å². The summed E-state index contributed by atoms with van der Waals surface area (Å²) in [5.74, 6) is -0.410. The number of nitrogens with zero attached hydrogens (tertiary/aromatic N) is 2. The first-order valence-corrected chi connectivity index (χ1v) is 9.14. The molecule has 0 amide bonds. The van der Waals surface area contributed by atoms with Crippen molar-refractivity contribution < 1.29 is 21.9 Å². The molecule has 3 aromatic rings. The Hall–Kier alpha value is -2.46. The van der Waals surface area contributed by atoms with E-state index in [-0.39, 0.29) is 22.3 Å². The van der Waals surface area contributed by atoms with E-state index >= 15 is 0 Å². The lowest BCUT2D eigenvalue weighted by Gasteiger charge is -2.10. The van der Waals surface area contributed by atoms with Crippen molar-refractivity contribution in [1.29, 1.82) is 0 Å². The van der Waals surface area contributed by atoms with E-state index in [1.807, 2.05) is 0 Å². The van der Waals surface area contributed by atoms with Crippen molar-refractivity contribution in [1.82, 2.24) is 15.0 Å². The van der Waals surface area contributed by atoms with Gasteiger partial charge < -0.3 is 9.72 Å². The lowest BCUT2D eigenvalue weighted by molar-refractivity contribution is 0.147. The number of benzene rings is 1. The van der Waals surface area contributed by atoms with Crippen molar-refractivity contribution in [3.63, 3.8) is 0 Å². The molecule has 0 unspecified atom stereocenters. The fraction of sp³-hybridized carbons (Fsp3) is 0.200. The summed E-state index contributed by atoms with van der Waals surface area (Å²) >= 11 is 5.88. The number of H-pyrrole nitrogens is 1. The fourth-order valence-corrected chi connectivity index (χ4v) is 3.69. The standard InChI is InChI=1S/C15H13ClF2N4O3S/c1-25-14-8(4-13(17)18)6-20-15(21-14)22-26(23,24)12-7-19-11-5-9(16)2-3-10(11)12/h2-3,5-7,13,19H,4H2,1H3,(H,20,21,22). The maximum atomic E-state index is 12.6. The smallest absolute Gasteiger partial charge is 0.266 e. The van der Waals surface area contributed by atoms with Gasteiger partial charge in [-0.3, -0.25) is 0 Å². The molecule has 26 heavy (non-hydrogen) atoms. The number of fused-ring (bicyclic) bond motifs is 1. The largest absolute Gasteiger partial charge is 0.481 e. The second kappa shape index (κ2) is 7.04. The maximum Gasteiger partial charge on any atom is 0.266 e. The normalized spacial score (nSPS) is 11.9. The van der Waals surface area contributed by atoms with Crippen LogP contribution in [0, 0.1) is 0 Å². The minimum atomic E-state index is -4.02. The highest BCUT2D eigenvalue weighted by molar-refractivity contribution is 7.93. The van der Waals surface area contributed by atoms with Gasteiger partial charge in [0.05, 0.1) is 7.11 Å². The van der Waals surface area contributed by atoms with Crippen LogP contribution in [0.4, 0.5) is 14.7 Å². The molecule has 0 bridgehead atoms. The molecule has 7 nitrogen and oxygen atoms in total. The Morgan fingerprint density at radius 3 is 2.85 bits per heavy atom. The van der Waals surface area contributed by atoms with Crippen molar-refractivity contribution in [2.75, 3.05) is 11.8 Å². The van der Waals surface area contributed by atoms with Crippen LogP contribution in [0.1, 0.15) is 5.56 Å². The van der Waals surface area contributed by atoms with Crippen molar-refractivity contribution >= 4 is 38.5 Å². The Morgan fingerprint density at radius 1 is 1.38 bits per heavy atom. The van der Waals surface area contributed by atoms with Crippen molar-refractivity contribution in [2.45, 2.75) is 17.7 Å². The second-order valence-corrected chi connectivity index (χ2v) is 7.36. The minimum Gasteiger partial charge on any atom is -0.481 e. The number of aromatic amines is 1. The molecule has 0 aliphatic carbocycles. The molecule has 1 aromatic carbocycles. The molecule has 11 heteroatoms. The van der Waals surface area contributed by atoms with E-state index in [2.05, 4.69) is 19.7 Å². The van der Waals surface area contributed by atoms with Gasteiger partial charge in [-0.15, -0.1) is 0 Å². The first kappa shape index (κ1) is 18.3. The summed E-state index contributed by atoms with van der Waals surface area (Å²) in [7, 11) is -2.77. The van der Waals surface area contributed by atoms with E-state index in [0.717, 1.165) is 6.20 Å². The first-order chi connectivity index (χ1) is 12.3. The van der Waals surface area contributed by atoms with E-state index in [9.17, 15) is 17.2 Å². The number of methoxy groups -OCH3 is 1. The Bertz CT molecular complexity index is 1060. The van der Waals surface area contributed by atoms with Crippen molar-refractivity contribution in [3.8, 4) is 5.88 Å². The highest BCUT2D eigenvalue weighted by Gasteiger charge is 2.21. The Balaban J connectivity index is 1.94. The number of alkyl halides is 2. The van der Waals surface area contributed by atoms with Crippen LogP contribution in [0.5, 0.6) is 5.88 Å². The third-order valence-corrected chi connectivity index (χ3v) is 5.12. The summed E-state index contributed by atoms with van der Waals surface area (Å²) in [6, 6.07) is 4.72. The van der Waals surface area contributed by atoms with Crippen LogP contribution >= 0.6 is 11.6 Å². The predicted octanol–water partition coefficient (Wildman–Crippen LogP) is 3.23. The predicted molar refractivity (Wildman–Crippen MR) is 92.4 cm³/mol. The molecule has 0 radical (unpaired) electrons. The van der Waals surface area contributed by atoms with Gasteiger partial charge in [0.25, 0.3) is 10.0 Å². The summed E-state index contributed by atoms with van der Waals surface area (Å²) in [4.78, 5) is 10.4. The second-order valence-electron chi connectivity index (χ2n) is 5.27. The van der Waals surface area contributed by atoms with Crippen LogP contribution in [0.25, 0.3) is 10.9 Å². The molecule has 3 rings (SSSR count). The SMILES string of the molecule is COc1nc(NS(=O)(=O)c2c[nH]c3cc(Cl)ccc23)ncc1CC(F)F.